The predicted molar refractivity (Wildman–Crippen MR) is 107 cm³/mol. The van der Waals surface area contributed by atoms with Crippen molar-refractivity contribution in [1.82, 2.24) is 0 Å². The number of methoxy groups -OCH3 is 1. The van der Waals surface area contributed by atoms with Gasteiger partial charge in [-0.2, -0.15) is 0 Å². The molecule has 3 unspecified atom stereocenters. The number of aliphatic hydroxyl groups is 2. The molecule has 2 aromatic carbocycles. The van der Waals surface area contributed by atoms with Crippen LogP contribution in [0.5, 0.6) is 11.5 Å². The second-order valence-electron chi connectivity index (χ2n) is 8.09. The van der Waals surface area contributed by atoms with E-state index in [1.165, 1.54) is 18.2 Å². The van der Waals surface area contributed by atoms with E-state index < -0.39 is 40.9 Å². The van der Waals surface area contributed by atoms with Crippen molar-refractivity contribution in [2.24, 2.45) is 0 Å². The number of aliphatic hydroxyl groups excluding tert-OH is 1. The van der Waals surface area contributed by atoms with E-state index in [0.717, 1.165) is 7.11 Å². The largest absolute Gasteiger partial charge is 0.507 e. The first-order valence-electron chi connectivity index (χ1n) is 9.87. The van der Waals surface area contributed by atoms with Crippen LogP contribution in [0.1, 0.15) is 80.3 Å². The van der Waals surface area contributed by atoms with E-state index in [2.05, 4.69) is 0 Å². The van der Waals surface area contributed by atoms with E-state index in [-0.39, 0.29) is 52.0 Å². The number of carbonyl (C=O) groups excluding carboxylic acids is 3. The molecule has 0 saturated heterocycles. The van der Waals surface area contributed by atoms with Gasteiger partial charge in [-0.1, -0.05) is 13.0 Å². The van der Waals surface area contributed by atoms with Crippen LogP contribution in [0.15, 0.2) is 18.2 Å². The van der Waals surface area contributed by atoms with Gasteiger partial charge in [0.15, 0.2) is 11.6 Å². The number of esters is 1. The maximum atomic E-state index is 13.3. The summed E-state index contributed by atoms with van der Waals surface area (Å²) in [6.45, 7) is 3.24. The van der Waals surface area contributed by atoms with Crippen LogP contribution < -0.4 is 0 Å². The van der Waals surface area contributed by atoms with Gasteiger partial charge in [-0.05, 0) is 36.6 Å². The van der Waals surface area contributed by atoms with Crippen LogP contribution in [0.2, 0.25) is 0 Å². The zero-order valence-corrected chi connectivity index (χ0v) is 17.2. The maximum absolute atomic E-state index is 13.3. The summed E-state index contributed by atoms with van der Waals surface area (Å²) >= 11 is 0. The second-order valence-corrected chi connectivity index (χ2v) is 8.09. The number of benzene rings is 2. The minimum absolute atomic E-state index is 0.0166. The number of aryl methyl sites for hydroxylation is 1. The molecule has 2 aliphatic carbocycles. The van der Waals surface area contributed by atoms with E-state index >= 15 is 0 Å². The Morgan fingerprint density at radius 3 is 2.45 bits per heavy atom. The fourth-order valence-electron chi connectivity index (χ4n) is 4.84. The Balaban J connectivity index is 2.06. The molecule has 0 aromatic heterocycles. The van der Waals surface area contributed by atoms with Crippen LogP contribution in [0.3, 0.4) is 0 Å². The van der Waals surface area contributed by atoms with Crippen molar-refractivity contribution < 1.29 is 39.5 Å². The smallest absolute Gasteiger partial charge is 0.316 e. The van der Waals surface area contributed by atoms with Crippen LogP contribution in [-0.4, -0.2) is 50.7 Å². The summed E-state index contributed by atoms with van der Waals surface area (Å²) in [6.07, 6.45) is -1.54. The van der Waals surface area contributed by atoms with Gasteiger partial charge in [0, 0.05) is 23.1 Å². The molecule has 4 rings (SSSR count). The fraction of sp³-hybridized carbons (Fsp3) is 0.348. The van der Waals surface area contributed by atoms with Crippen molar-refractivity contribution in [2.45, 2.75) is 44.3 Å². The van der Waals surface area contributed by atoms with E-state index in [1.54, 1.807) is 13.8 Å². The molecule has 2 aliphatic rings. The second kappa shape index (κ2) is 6.90. The minimum atomic E-state index is -1.68. The Hall–Kier alpha value is -3.23. The summed E-state index contributed by atoms with van der Waals surface area (Å²) in [4.78, 5) is 39.1. The monoisotopic (exact) mass is 426 g/mol. The number of phenolic OH excluding ortho intramolecular Hbond substituents is 2. The summed E-state index contributed by atoms with van der Waals surface area (Å²) < 4.78 is 4.85. The minimum Gasteiger partial charge on any atom is -0.507 e. The van der Waals surface area contributed by atoms with Crippen molar-refractivity contribution in [3.8, 4) is 11.5 Å². The topological polar surface area (TPSA) is 141 Å². The number of ketones is 2. The van der Waals surface area contributed by atoms with E-state index in [4.69, 9.17) is 4.74 Å². The van der Waals surface area contributed by atoms with Gasteiger partial charge in [0.05, 0.1) is 29.9 Å². The summed E-state index contributed by atoms with van der Waals surface area (Å²) in [7, 11) is 1.15. The standard InChI is InChI=1S/C23H22O8/c1-4-23(30)8-13(25)15-10(18(23)22(29)31-3)7-11-16(21(15)28)20(27)14-9(2)5-6-12(24)17(14)19(11)26/h5-7,13,18,24-25,28,30H,4,8H2,1-3H3. The van der Waals surface area contributed by atoms with Gasteiger partial charge in [-0.15, -0.1) is 0 Å². The number of aromatic hydroxyl groups is 2. The summed E-state index contributed by atoms with van der Waals surface area (Å²) in [5, 5.41) is 43.1. The summed E-state index contributed by atoms with van der Waals surface area (Å²) in [5.41, 5.74) is -2.02. The Bertz CT molecular complexity index is 1160. The third kappa shape index (κ3) is 2.72. The van der Waals surface area contributed by atoms with Gasteiger partial charge >= 0.3 is 5.97 Å². The number of fused-ring (bicyclic) bond motifs is 3. The van der Waals surface area contributed by atoms with Crippen molar-refractivity contribution in [2.75, 3.05) is 7.11 Å². The highest BCUT2D eigenvalue weighted by Gasteiger charge is 2.51. The molecule has 4 N–H and O–H groups in total. The van der Waals surface area contributed by atoms with Crippen LogP contribution in [0.25, 0.3) is 0 Å². The Morgan fingerprint density at radius 1 is 1.16 bits per heavy atom. The van der Waals surface area contributed by atoms with Gasteiger partial charge in [-0.25, -0.2) is 0 Å². The average molecular weight is 426 g/mol. The van der Waals surface area contributed by atoms with Gasteiger partial charge in [-0.3, -0.25) is 14.4 Å². The summed E-state index contributed by atoms with van der Waals surface area (Å²) in [6, 6.07) is 4.03. The zero-order chi connectivity index (χ0) is 22.8. The lowest BCUT2D eigenvalue weighted by molar-refractivity contribution is -0.153. The molecule has 0 heterocycles. The number of hydrogen-bond acceptors (Lipinski definition) is 8. The Kier molecular flexibility index (Phi) is 4.68. The lowest BCUT2D eigenvalue weighted by Gasteiger charge is -2.42. The van der Waals surface area contributed by atoms with Crippen LogP contribution in [0.4, 0.5) is 0 Å². The predicted octanol–water partition coefficient (Wildman–Crippen LogP) is 2.02. The van der Waals surface area contributed by atoms with E-state index in [0.29, 0.717) is 5.56 Å². The zero-order valence-electron chi connectivity index (χ0n) is 17.2. The van der Waals surface area contributed by atoms with Gasteiger partial charge in [0.25, 0.3) is 0 Å². The van der Waals surface area contributed by atoms with E-state index in [9.17, 15) is 34.8 Å². The van der Waals surface area contributed by atoms with Crippen LogP contribution in [0, 0.1) is 6.92 Å². The lowest BCUT2D eigenvalue weighted by Crippen LogP contribution is -2.46. The van der Waals surface area contributed by atoms with Crippen molar-refractivity contribution in [3.63, 3.8) is 0 Å². The number of rotatable bonds is 2. The van der Waals surface area contributed by atoms with Crippen LogP contribution >= 0.6 is 0 Å². The molecule has 0 fully saturated rings. The lowest BCUT2D eigenvalue weighted by atomic mass is 9.67. The molecule has 3 atom stereocenters. The molecule has 8 heteroatoms. The molecule has 2 aromatic rings. The van der Waals surface area contributed by atoms with Crippen LogP contribution in [-0.2, 0) is 9.53 Å². The Labute approximate surface area is 177 Å². The highest BCUT2D eigenvalue weighted by Crippen LogP contribution is 2.52. The molecule has 0 aliphatic heterocycles. The molecule has 162 valence electrons. The van der Waals surface area contributed by atoms with Gasteiger partial charge < -0.3 is 25.2 Å². The first kappa shape index (κ1) is 21.0. The summed E-state index contributed by atoms with van der Waals surface area (Å²) in [5.74, 6) is -4.45. The first-order chi connectivity index (χ1) is 14.6. The van der Waals surface area contributed by atoms with Crippen molar-refractivity contribution >= 4 is 17.5 Å². The van der Waals surface area contributed by atoms with Crippen molar-refractivity contribution in [1.29, 1.82) is 0 Å². The van der Waals surface area contributed by atoms with Crippen molar-refractivity contribution in [3.05, 3.63) is 57.1 Å². The third-order valence-electron chi connectivity index (χ3n) is 6.47. The number of carbonyl (C=O) groups is 3. The Morgan fingerprint density at radius 2 is 1.84 bits per heavy atom. The fourth-order valence-corrected chi connectivity index (χ4v) is 4.84. The maximum Gasteiger partial charge on any atom is 0.316 e. The SMILES string of the molecule is CCC1(O)CC(O)c2c(cc3c(c2O)C(=O)c2c(C)ccc(O)c2C3=O)C1C(=O)OC. The molecular formula is C23H22O8. The quantitative estimate of drug-likeness (QED) is 0.456. The average Bonchev–Trinajstić information content (AvgIpc) is 2.72. The number of ether oxygens (including phenoxy) is 1. The number of phenols is 2. The first-order valence-corrected chi connectivity index (χ1v) is 9.87. The molecular weight excluding hydrogens is 404 g/mol. The highest BCUT2D eigenvalue weighted by atomic mass is 16.5. The normalized spacial score (nSPS) is 24.3. The molecule has 8 nitrogen and oxygen atoms in total. The molecule has 0 bridgehead atoms. The molecule has 0 saturated carbocycles. The highest BCUT2D eigenvalue weighted by molar-refractivity contribution is 6.31. The number of hydrogen-bond donors (Lipinski definition) is 4. The molecule has 0 amide bonds. The third-order valence-corrected chi connectivity index (χ3v) is 6.47. The van der Waals surface area contributed by atoms with E-state index in [1.807, 2.05) is 0 Å². The molecule has 0 spiro atoms. The molecule has 0 radical (unpaired) electrons. The van der Waals surface area contributed by atoms with Gasteiger partial charge in [0.1, 0.15) is 17.4 Å². The molecule has 31 heavy (non-hydrogen) atoms. The van der Waals surface area contributed by atoms with Gasteiger partial charge in [0.2, 0.25) is 0 Å².